The van der Waals surface area contributed by atoms with Crippen LogP contribution in [0.5, 0.6) is 0 Å². The molecule has 16 nitrogen and oxygen atoms in total. The number of benzene rings is 8. The van der Waals surface area contributed by atoms with E-state index in [0.29, 0.717) is 119 Å². The monoisotopic (exact) mass is 1570 g/mol. The summed E-state index contributed by atoms with van der Waals surface area (Å²) in [5.74, 6) is 10.8. The third-order valence-corrected chi connectivity index (χ3v) is 23.2. The molecule has 4 atom stereocenters. The highest BCUT2D eigenvalue weighted by molar-refractivity contribution is 5.64. The first kappa shape index (κ1) is 86.5. The number of nitrogens with one attached hydrogen (secondary N) is 4. The Morgan fingerprint density at radius 3 is 0.564 bits per heavy atom. The predicted molar refractivity (Wildman–Crippen MR) is 477 cm³/mol. The molecular formula is C101H128N12O4. The summed E-state index contributed by atoms with van der Waals surface area (Å²) in [4.78, 5) is 18.4. The van der Waals surface area contributed by atoms with Crippen molar-refractivity contribution in [3.05, 3.63) is 239 Å². The van der Waals surface area contributed by atoms with Crippen LogP contribution in [0.1, 0.15) is 238 Å². The minimum absolute atomic E-state index is 0. The van der Waals surface area contributed by atoms with Crippen molar-refractivity contribution in [2.24, 2.45) is 47.3 Å². The molecule has 12 aromatic rings. The zero-order chi connectivity index (χ0) is 81.5. The molecule has 0 unspecified atom stereocenters. The molecule has 4 N–H and O–H groups in total. The third kappa shape index (κ3) is 24.2. The molecule has 16 heteroatoms. The Balaban J connectivity index is 0.000000143. The molecule has 616 valence electrons. The van der Waals surface area contributed by atoms with E-state index < -0.39 is 0 Å². The molecule has 4 saturated carbocycles. The smallest absolute Gasteiger partial charge is 0.258 e. The molecule has 4 fully saturated rings. The fraction of sp³-hybridized carbons (Fsp3) is 0.446. The number of aromatic nitrogens is 8. The van der Waals surface area contributed by atoms with Crippen molar-refractivity contribution in [2.45, 2.75) is 244 Å². The first-order valence-electron chi connectivity index (χ1n) is 43.1. The average molecular weight is 1570 g/mol. The van der Waals surface area contributed by atoms with Gasteiger partial charge in [0, 0.05) is 92.8 Å². The Kier molecular flexibility index (Phi) is 30.0. The van der Waals surface area contributed by atoms with Crippen LogP contribution in [0.25, 0.3) is 91.4 Å². The van der Waals surface area contributed by atoms with Gasteiger partial charge in [0.25, 0.3) is 23.6 Å². The molecule has 4 aromatic heterocycles. The van der Waals surface area contributed by atoms with Crippen molar-refractivity contribution in [2.75, 3.05) is 0 Å². The van der Waals surface area contributed by atoms with Crippen molar-refractivity contribution in [3.8, 4) is 91.4 Å². The molecule has 0 aliphatic heterocycles. The van der Waals surface area contributed by atoms with Crippen LogP contribution in [0.15, 0.2) is 212 Å². The van der Waals surface area contributed by atoms with E-state index >= 15 is 0 Å². The van der Waals surface area contributed by atoms with Gasteiger partial charge in [-0.25, -0.2) is 0 Å². The standard InChI is InChI=1S/4C25H31N3O.CH4/c4*1-16(2)13-19-5-7-22(8-6-19)25-27-24(28-29-25)21-11-9-20(10-12-21)18(4)26-23-14-17(3)15-23;/h4*5-12,16-18,23,26H,13-15H2,1-4H3;1H4/t4*17?,18-,23?;/m1100./s1. The van der Waals surface area contributed by atoms with E-state index in [1.165, 1.54) is 95.9 Å². The number of nitrogens with zero attached hydrogens (tertiary/aromatic N) is 8. The van der Waals surface area contributed by atoms with E-state index in [1.54, 1.807) is 0 Å². The van der Waals surface area contributed by atoms with Crippen molar-refractivity contribution in [1.29, 1.82) is 0 Å². The van der Waals surface area contributed by atoms with Crippen molar-refractivity contribution < 1.29 is 18.1 Å². The van der Waals surface area contributed by atoms with Crippen LogP contribution in [0, 0.1) is 47.3 Å². The average Bonchev–Trinajstić information content (AvgIpc) is 1.69. The van der Waals surface area contributed by atoms with Gasteiger partial charge in [0.15, 0.2) is 0 Å². The van der Waals surface area contributed by atoms with E-state index in [9.17, 15) is 0 Å². The molecule has 0 spiro atoms. The van der Waals surface area contributed by atoms with Gasteiger partial charge in [-0.3, -0.25) is 0 Å². The van der Waals surface area contributed by atoms with Gasteiger partial charge in [-0.05, 0) is 245 Å². The second-order valence-electron chi connectivity index (χ2n) is 36.0. The highest BCUT2D eigenvalue weighted by Gasteiger charge is 2.30. The summed E-state index contributed by atoms with van der Waals surface area (Å²) < 4.78 is 22.1. The molecule has 16 rings (SSSR count). The first-order valence-corrected chi connectivity index (χ1v) is 43.1. The van der Waals surface area contributed by atoms with E-state index in [1.807, 2.05) is 0 Å². The van der Waals surface area contributed by atoms with Gasteiger partial charge in [0.1, 0.15) is 0 Å². The lowest BCUT2D eigenvalue weighted by Crippen LogP contribution is -2.41. The highest BCUT2D eigenvalue weighted by atomic mass is 16.5. The van der Waals surface area contributed by atoms with Crippen LogP contribution in [0.4, 0.5) is 0 Å². The second kappa shape index (κ2) is 40.5. The predicted octanol–water partition coefficient (Wildman–Crippen LogP) is 24.8. The summed E-state index contributed by atoms with van der Waals surface area (Å²) in [6.45, 7) is 36.0. The fourth-order valence-corrected chi connectivity index (χ4v) is 16.5. The molecule has 8 aromatic carbocycles. The topological polar surface area (TPSA) is 204 Å². The fourth-order valence-electron chi connectivity index (χ4n) is 16.5. The molecule has 0 amide bonds. The Hall–Kier alpha value is -9.84. The molecule has 117 heavy (non-hydrogen) atoms. The molecule has 0 bridgehead atoms. The summed E-state index contributed by atoms with van der Waals surface area (Å²) in [5, 5.41) is 31.6. The van der Waals surface area contributed by atoms with Crippen LogP contribution < -0.4 is 21.3 Å². The van der Waals surface area contributed by atoms with Gasteiger partial charge in [-0.2, -0.15) is 19.9 Å². The van der Waals surface area contributed by atoms with Gasteiger partial charge in [-0.15, -0.1) is 0 Å². The number of hydrogen-bond donors (Lipinski definition) is 4. The zero-order valence-electron chi connectivity index (χ0n) is 71.4. The van der Waals surface area contributed by atoms with Gasteiger partial charge in [0.05, 0.1) is 0 Å². The maximum Gasteiger partial charge on any atom is 0.258 e. The Morgan fingerprint density at radius 2 is 0.410 bits per heavy atom. The molecular weight excluding hydrogens is 1450 g/mol. The summed E-state index contributed by atoms with van der Waals surface area (Å²) in [7, 11) is 0. The van der Waals surface area contributed by atoms with Crippen molar-refractivity contribution in [1.82, 2.24) is 61.8 Å². The molecule has 4 heterocycles. The summed E-state index contributed by atoms with van der Waals surface area (Å²) in [6, 6.07) is 71.6. The minimum Gasteiger partial charge on any atom is -0.334 e. The van der Waals surface area contributed by atoms with E-state index in [2.05, 4.69) is 367 Å². The quantitative estimate of drug-likeness (QED) is 0.0360. The van der Waals surface area contributed by atoms with Crippen molar-refractivity contribution in [3.63, 3.8) is 0 Å². The van der Waals surface area contributed by atoms with Crippen LogP contribution in [-0.2, 0) is 25.7 Å². The van der Waals surface area contributed by atoms with Crippen LogP contribution in [-0.4, -0.2) is 64.7 Å². The summed E-state index contributed by atoms with van der Waals surface area (Å²) in [5.41, 5.74) is 18.2. The number of hydrogen-bond acceptors (Lipinski definition) is 16. The van der Waals surface area contributed by atoms with E-state index in [0.717, 1.165) is 93.9 Å². The largest absolute Gasteiger partial charge is 0.334 e. The molecule has 4 aliphatic carbocycles. The van der Waals surface area contributed by atoms with Crippen LogP contribution >= 0.6 is 0 Å². The molecule has 0 radical (unpaired) electrons. The maximum absolute atomic E-state index is 5.52. The lowest BCUT2D eigenvalue weighted by molar-refractivity contribution is 0.226. The maximum atomic E-state index is 5.52. The lowest BCUT2D eigenvalue weighted by Gasteiger charge is -2.35. The lowest BCUT2D eigenvalue weighted by atomic mass is 9.81. The normalized spacial score (nSPS) is 19.7. The molecule has 4 aliphatic rings. The van der Waals surface area contributed by atoms with Crippen molar-refractivity contribution >= 4 is 0 Å². The van der Waals surface area contributed by atoms with Crippen LogP contribution in [0.2, 0.25) is 0 Å². The van der Waals surface area contributed by atoms with Gasteiger partial charge in [0.2, 0.25) is 23.3 Å². The Morgan fingerprint density at radius 1 is 0.248 bits per heavy atom. The number of rotatable bonds is 28. The van der Waals surface area contributed by atoms with Gasteiger partial charge in [-0.1, -0.05) is 257 Å². The Bertz CT molecular complexity index is 4320. The Labute approximate surface area is 696 Å². The highest BCUT2D eigenvalue weighted by Crippen LogP contribution is 2.36. The third-order valence-electron chi connectivity index (χ3n) is 23.2. The van der Waals surface area contributed by atoms with Crippen LogP contribution in [0.3, 0.4) is 0 Å². The zero-order valence-corrected chi connectivity index (χ0v) is 71.4. The summed E-state index contributed by atoms with van der Waals surface area (Å²) >= 11 is 0. The van der Waals surface area contributed by atoms with E-state index in [-0.39, 0.29) is 7.43 Å². The molecule has 0 saturated heterocycles. The van der Waals surface area contributed by atoms with Gasteiger partial charge < -0.3 is 39.4 Å². The SMILES string of the molecule is C.CC(C)Cc1ccc(-c2nc(-c3ccc([C@@H](C)NC4CC(C)C4)cc3)no2)cc1.CC(C)Cc1ccc(-c2nc(-c3ccc([C@@H](C)NC4CC(C)C4)cc3)no2)cc1.CC(C)Cc1ccc(-c2nc(-c3ccc([C@H](C)NC4CC(C)C4)cc3)no2)cc1.CC(C)Cc1ccc(-c2nc(-c3ccc([C@H](C)NC4CC(C)C4)cc3)no2)cc1. The van der Waals surface area contributed by atoms with E-state index in [4.69, 9.17) is 18.1 Å². The summed E-state index contributed by atoms with van der Waals surface area (Å²) in [6.07, 6.45) is 14.6. The van der Waals surface area contributed by atoms with Gasteiger partial charge >= 0.3 is 0 Å². The second-order valence-corrected chi connectivity index (χ2v) is 36.0. The minimum atomic E-state index is 0. The first-order chi connectivity index (χ1) is 55.9.